The summed E-state index contributed by atoms with van der Waals surface area (Å²) < 4.78 is 1.99. The van der Waals surface area contributed by atoms with Gasteiger partial charge in [-0.1, -0.05) is 12.1 Å². The van der Waals surface area contributed by atoms with E-state index in [9.17, 15) is 4.79 Å². The topological polar surface area (TPSA) is 25.2 Å². The number of pyridine rings is 1. The average Bonchev–Trinajstić information content (AvgIpc) is 2.35. The normalized spacial score (nSPS) is 30.8. The lowest BCUT2D eigenvalue weighted by Gasteiger charge is -2.47. The van der Waals surface area contributed by atoms with Crippen molar-refractivity contribution in [3.63, 3.8) is 0 Å². The number of likely N-dealkylation sites (tertiary alicyclic amines) is 1. The number of piperidine rings is 1. The molecular formula is C15H20N2O. The summed E-state index contributed by atoms with van der Waals surface area (Å²) in [5.41, 5.74) is 1.38. The number of rotatable bonds is 2. The molecule has 1 saturated heterocycles. The van der Waals surface area contributed by atoms with Gasteiger partial charge in [0.15, 0.2) is 0 Å². The minimum absolute atomic E-state index is 0.157. The van der Waals surface area contributed by atoms with Crippen LogP contribution in [-0.2, 0) is 6.54 Å². The van der Waals surface area contributed by atoms with Crippen LogP contribution in [0.15, 0.2) is 35.6 Å². The summed E-state index contributed by atoms with van der Waals surface area (Å²) in [7, 11) is 2.20. The Kier molecular flexibility index (Phi) is 2.86. The lowest BCUT2D eigenvalue weighted by atomic mass is 9.77. The Morgan fingerprint density at radius 2 is 2.28 bits per heavy atom. The average molecular weight is 244 g/mol. The molecule has 2 aliphatic heterocycles. The number of nitrogens with zero attached hydrogens (tertiary/aromatic N) is 2. The van der Waals surface area contributed by atoms with Crippen molar-refractivity contribution < 1.29 is 0 Å². The van der Waals surface area contributed by atoms with Crippen molar-refractivity contribution in [3.8, 4) is 0 Å². The molecule has 0 radical (unpaired) electrons. The lowest BCUT2D eigenvalue weighted by molar-refractivity contribution is 0.0739. The second kappa shape index (κ2) is 4.39. The van der Waals surface area contributed by atoms with Crippen molar-refractivity contribution >= 4 is 0 Å². The van der Waals surface area contributed by atoms with Gasteiger partial charge in [0, 0.05) is 36.8 Å². The predicted octanol–water partition coefficient (Wildman–Crippen LogP) is 1.84. The van der Waals surface area contributed by atoms with Crippen molar-refractivity contribution in [1.82, 2.24) is 9.47 Å². The zero-order valence-electron chi connectivity index (χ0n) is 10.9. The molecule has 0 amide bonds. The van der Waals surface area contributed by atoms with E-state index in [4.69, 9.17) is 0 Å². The molecule has 1 fully saturated rings. The number of hydrogen-bond donors (Lipinski definition) is 0. The molecule has 3 heteroatoms. The lowest BCUT2D eigenvalue weighted by Crippen LogP contribution is -2.51. The van der Waals surface area contributed by atoms with E-state index < -0.39 is 0 Å². The fraction of sp³-hybridized carbons (Fsp3) is 0.533. The SMILES string of the molecule is C=CC[C@H]1[C@@H]2C[C@H](CN1C)c1cccc(=O)n1C2. The Balaban J connectivity index is 2.00. The third-order valence-electron chi connectivity index (χ3n) is 4.53. The maximum Gasteiger partial charge on any atom is 0.250 e. The van der Waals surface area contributed by atoms with Gasteiger partial charge >= 0.3 is 0 Å². The highest BCUT2D eigenvalue weighted by Crippen LogP contribution is 2.38. The summed E-state index contributed by atoms with van der Waals surface area (Å²) in [5, 5.41) is 0. The van der Waals surface area contributed by atoms with E-state index in [1.807, 2.05) is 16.7 Å². The molecule has 0 aromatic carbocycles. The van der Waals surface area contributed by atoms with Crippen molar-refractivity contribution in [2.45, 2.75) is 31.3 Å². The van der Waals surface area contributed by atoms with Crippen molar-refractivity contribution in [2.75, 3.05) is 13.6 Å². The molecule has 18 heavy (non-hydrogen) atoms. The van der Waals surface area contributed by atoms with Gasteiger partial charge < -0.3 is 9.47 Å². The minimum Gasteiger partial charge on any atom is -0.312 e. The molecule has 3 atom stereocenters. The Labute approximate surface area is 108 Å². The van der Waals surface area contributed by atoms with Gasteiger partial charge in [-0.2, -0.15) is 0 Å². The van der Waals surface area contributed by atoms with E-state index in [1.54, 1.807) is 6.07 Å². The molecular weight excluding hydrogens is 224 g/mol. The van der Waals surface area contributed by atoms with Gasteiger partial charge in [0.05, 0.1) is 0 Å². The molecule has 3 heterocycles. The van der Waals surface area contributed by atoms with Crippen LogP contribution < -0.4 is 5.56 Å². The van der Waals surface area contributed by atoms with Crippen LogP contribution in [0.2, 0.25) is 0 Å². The monoisotopic (exact) mass is 244 g/mol. The number of hydrogen-bond acceptors (Lipinski definition) is 2. The summed E-state index contributed by atoms with van der Waals surface area (Å²) in [6.07, 6.45) is 4.24. The van der Waals surface area contributed by atoms with Crippen LogP contribution in [0.5, 0.6) is 0 Å². The smallest absolute Gasteiger partial charge is 0.250 e. The third kappa shape index (κ3) is 1.74. The first-order valence-electron chi connectivity index (χ1n) is 6.71. The zero-order valence-corrected chi connectivity index (χ0v) is 10.9. The number of fused-ring (bicyclic) bond motifs is 4. The van der Waals surface area contributed by atoms with Crippen LogP contribution in [0.1, 0.15) is 24.5 Å². The Hall–Kier alpha value is -1.35. The minimum atomic E-state index is 0.157. The molecule has 3 nitrogen and oxygen atoms in total. The quantitative estimate of drug-likeness (QED) is 0.742. The zero-order chi connectivity index (χ0) is 12.7. The third-order valence-corrected chi connectivity index (χ3v) is 4.53. The van der Waals surface area contributed by atoms with Crippen LogP contribution in [0, 0.1) is 5.92 Å². The predicted molar refractivity (Wildman–Crippen MR) is 72.8 cm³/mol. The molecule has 3 rings (SSSR count). The molecule has 0 spiro atoms. The second-order valence-electron chi connectivity index (χ2n) is 5.62. The summed E-state index contributed by atoms with van der Waals surface area (Å²) in [5.74, 6) is 1.10. The van der Waals surface area contributed by atoms with Gasteiger partial charge in [-0.25, -0.2) is 0 Å². The number of aromatic nitrogens is 1. The summed E-state index contributed by atoms with van der Waals surface area (Å²) in [4.78, 5) is 14.4. The van der Waals surface area contributed by atoms with E-state index in [0.717, 1.165) is 19.5 Å². The van der Waals surface area contributed by atoms with E-state index >= 15 is 0 Å². The molecule has 2 aliphatic rings. The Morgan fingerprint density at radius 1 is 1.44 bits per heavy atom. The molecule has 0 N–H and O–H groups in total. The summed E-state index contributed by atoms with van der Waals surface area (Å²) >= 11 is 0. The fourth-order valence-electron chi connectivity index (χ4n) is 3.72. The molecule has 96 valence electrons. The number of likely N-dealkylation sites (N-methyl/N-ethyl adjacent to an activating group) is 1. The van der Waals surface area contributed by atoms with E-state index in [1.165, 1.54) is 12.1 Å². The van der Waals surface area contributed by atoms with Crippen molar-refractivity contribution in [1.29, 1.82) is 0 Å². The second-order valence-corrected chi connectivity index (χ2v) is 5.62. The van der Waals surface area contributed by atoms with E-state index in [2.05, 4.69) is 24.6 Å². The molecule has 1 aromatic heterocycles. The van der Waals surface area contributed by atoms with Gasteiger partial charge in [0.2, 0.25) is 0 Å². The van der Waals surface area contributed by atoms with E-state index in [0.29, 0.717) is 17.9 Å². The molecule has 2 bridgehead atoms. The Morgan fingerprint density at radius 3 is 3.06 bits per heavy atom. The van der Waals surface area contributed by atoms with Crippen LogP contribution in [0.25, 0.3) is 0 Å². The van der Waals surface area contributed by atoms with Crippen molar-refractivity contribution in [3.05, 3.63) is 46.9 Å². The largest absolute Gasteiger partial charge is 0.312 e. The highest BCUT2D eigenvalue weighted by molar-refractivity contribution is 5.17. The van der Waals surface area contributed by atoms with Crippen LogP contribution in [0.4, 0.5) is 0 Å². The van der Waals surface area contributed by atoms with Gasteiger partial charge in [-0.3, -0.25) is 4.79 Å². The van der Waals surface area contributed by atoms with Gasteiger partial charge in [0.1, 0.15) is 0 Å². The molecule has 1 aromatic rings. The first kappa shape index (κ1) is 11.7. The maximum atomic E-state index is 12.0. The van der Waals surface area contributed by atoms with Crippen LogP contribution in [-0.4, -0.2) is 29.1 Å². The Bertz CT molecular complexity index is 519. The highest BCUT2D eigenvalue weighted by Gasteiger charge is 2.38. The molecule has 0 unspecified atom stereocenters. The van der Waals surface area contributed by atoms with Gasteiger partial charge in [-0.05, 0) is 31.9 Å². The van der Waals surface area contributed by atoms with Crippen LogP contribution >= 0.6 is 0 Å². The summed E-state index contributed by atoms with van der Waals surface area (Å²) in [6.45, 7) is 5.79. The first-order valence-corrected chi connectivity index (χ1v) is 6.71. The summed E-state index contributed by atoms with van der Waals surface area (Å²) in [6, 6.07) is 6.23. The standard InChI is InChI=1S/C15H20N2O/c1-3-5-13-12-8-11(9-16(13)2)14-6-4-7-15(18)17(14)10-12/h3-4,6-7,11-13H,1,5,8-10H2,2H3/t11-,12-,13+/m1/s1. The molecule has 0 saturated carbocycles. The van der Waals surface area contributed by atoms with Crippen LogP contribution in [0.3, 0.4) is 0 Å². The highest BCUT2D eigenvalue weighted by atomic mass is 16.1. The van der Waals surface area contributed by atoms with Gasteiger partial charge in [0.25, 0.3) is 5.56 Å². The maximum absolute atomic E-state index is 12.0. The van der Waals surface area contributed by atoms with Gasteiger partial charge in [-0.15, -0.1) is 6.58 Å². The fourth-order valence-corrected chi connectivity index (χ4v) is 3.72. The van der Waals surface area contributed by atoms with Crippen molar-refractivity contribution in [2.24, 2.45) is 5.92 Å². The first-order chi connectivity index (χ1) is 8.70. The molecule has 0 aliphatic carbocycles. The van der Waals surface area contributed by atoms with E-state index in [-0.39, 0.29) is 5.56 Å².